The van der Waals surface area contributed by atoms with E-state index in [1.165, 1.54) is 11.1 Å². The molecule has 0 aromatic rings. The van der Waals surface area contributed by atoms with Crippen LogP contribution in [0.5, 0.6) is 0 Å². The summed E-state index contributed by atoms with van der Waals surface area (Å²) < 4.78 is 0. The van der Waals surface area contributed by atoms with Crippen molar-refractivity contribution in [2.24, 2.45) is 0 Å². The molecular weight excluding hydrogens is 192 g/mol. The van der Waals surface area contributed by atoms with Crippen LogP contribution in [0, 0.1) is 12.2 Å². The zero-order chi connectivity index (χ0) is 9.40. The van der Waals surface area contributed by atoms with Crippen molar-refractivity contribution in [3.8, 4) is 0 Å². The standard InChI is InChI=1S/C12H20.Ti/c1-5-9-11(7-3)12(8-4)10-6-2;/h5-8H2,1-4H3;/q-2;+2. The van der Waals surface area contributed by atoms with Crippen molar-refractivity contribution in [1.82, 2.24) is 0 Å². The van der Waals surface area contributed by atoms with Crippen LogP contribution >= 0.6 is 0 Å². The van der Waals surface area contributed by atoms with Gasteiger partial charge in [-0.3, -0.25) is 0 Å². The van der Waals surface area contributed by atoms with Crippen LogP contribution < -0.4 is 0 Å². The topological polar surface area (TPSA) is 0 Å². The molecule has 0 fully saturated rings. The monoisotopic (exact) mass is 212 g/mol. The Morgan fingerprint density at radius 3 is 1.23 bits per heavy atom. The molecule has 72 valence electrons. The fraction of sp³-hybridized carbons (Fsp3) is 0.667. The van der Waals surface area contributed by atoms with Crippen molar-refractivity contribution in [1.29, 1.82) is 0 Å². The Hall–Kier alpha value is 0.194. The molecule has 13 heavy (non-hydrogen) atoms. The summed E-state index contributed by atoms with van der Waals surface area (Å²) in [7, 11) is 0. The molecule has 1 heteroatoms. The van der Waals surface area contributed by atoms with Crippen LogP contribution in [-0.4, -0.2) is 0 Å². The Kier molecular flexibility index (Phi) is 12.4. The van der Waals surface area contributed by atoms with Crippen LogP contribution in [0.15, 0.2) is 11.1 Å². The first-order chi connectivity index (χ1) is 5.79. The van der Waals surface area contributed by atoms with E-state index in [0.29, 0.717) is 0 Å². The van der Waals surface area contributed by atoms with Gasteiger partial charge in [0.15, 0.2) is 0 Å². The molecule has 0 aliphatic heterocycles. The summed E-state index contributed by atoms with van der Waals surface area (Å²) in [5.41, 5.74) is 2.73. The number of hydrogen-bond acceptors (Lipinski definition) is 0. The maximum absolute atomic E-state index is 3.39. The molecular formula is C12H20Ti. The predicted molar refractivity (Wildman–Crippen MR) is 54.7 cm³/mol. The van der Waals surface area contributed by atoms with Gasteiger partial charge in [0.1, 0.15) is 0 Å². The first-order valence-corrected chi connectivity index (χ1v) is 4.99. The van der Waals surface area contributed by atoms with Gasteiger partial charge in [-0.05, 0) is 0 Å². The van der Waals surface area contributed by atoms with Gasteiger partial charge in [0.2, 0.25) is 0 Å². The van der Waals surface area contributed by atoms with Crippen LogP contribution in [0.3, 0.4) is 0 Å². The van der Waals surface area contributed by atoms with E-state index in [1.54, 1.807) is 0 Å². The zero-order valence-electron chi connectivity index (χ0n) is 9.33. The Morgan fingerprint density at radius 1 is 0.769 bits per heavy atom. The molecule has 0 heterocycles. The average Bonchev–Trinajstić information content (AvgIpc) is 2.11. The summed E-state index contributed by atoms with van der Waals surface area (Å²) in [6.45, 7) is 8.64. The second-order valence-electron chi connectivity index (χ2n) is 2.72. The molecule has 0 saturated carbocycles. The van der Waals surface area contributed by atoms with Crippen LogP contribution in [-0.2, 0) is 21.7 Å². The van der Waals surface area contributed by atoms with Crippen molar-refractivity contribution < 1.29 is 21.7 Å². The molecule has 0 saturated heterocycles. The summed E-state index contributed by atoms with van der Waals surface area (Å²) in [4.78, 5) is 0. The fourth-order valence-corrected chi connectivity index (χ4v) is 1.32. The smallest absolute Gasteiger partial charge is 0.373 e. The minimum absolute atomic E-state index is 0. The molecule has 0 radical (unpaired) electrons. The van der Waals surface area contributed by atoms with Crippen LogP contribution in [0.25, 0.3) is 0 Å². The van der Waals surface area contributed by atoms with Gasteiger partial charge >= 0.3 is 21.7 Å². The van der Waals surface area contributed by atoms with Crippen molar-refractivity contribution in [3.05, 3.63) is 23.3 Å². The maximum atomic E-state index is 3.39. The quantitative estimate of drug-likeness (QED) is 0.366. The van der Waals surface area contributed by atoms with Crippen LogP contribution in [0.1, 0.15) is 53.4 Å². The van der Waals surface area contributed by atoms with E-state index < -0.39 is 0 Å². The number of hydrogen-bond donors (Lipinski definition) is 0. The Morgan fingerprint density at radius 2 is 1.08 bits per heavy atom. The molecule has 0 unspecified atom stereocenters. The van der Waals surface area contributed by atoms with Gasteiger partial charge < -0.3 is 23.3 Å². The van der Waals surface area contributed by atoms with E-state index in [-0.39, 0.29) is 21.7 Å². The second-order valence-corrected chi connectivity index (χ2v) is 2.72. The molecule has 0 aromatic heterocycles. The summed E-state index contributed by atoms with van der Waals surface area (Å²) in [6, 6.07) is 0. The first kappa shape index (κ1) is 15.7. The van der Waals surface area contributed by atoms with Crippen LogP contribution in [0.2, 0.25) is 0 Å². The first-order valence-electron chi connectivity index (χ1n) is 4.99. The summed E-state index contributed by atoms with van der Waals surface area (Å²) in [5.74, 6) is 0. The third kappa shape index (κ3) is 6.29. The normalized spacial score (nSPS) is 12.6. The Balaban J connectivity index is 0. The summed E-state index contributed by atoms with van der Waals surface area (Å²) >= 11 is 0. The molecule has 0 atom stereocenters. The van der Waals surface area contributed by atoms with E-state index in [0.717, 1.165) is 25.7 Å². The molecule has 0 aromatic carbocycles. The molecule has 0 bridgehead atoms. The fourth-order valence-electron chi connectivity index (χ4n) is 1.32. The van der Waals surface area contributed by atoms with Gasteiger partial charge in [-0.25, -0.2) is 0 Å². The zero-order valence-corrected chi connectivity index (χ0v) is 10.9. The molecule has 0 N–H and O–H groups in total. The minimum atomic E-state index is 0. The van der Waals surface area contributed by atoms with Gasteiger partial charge in [0, 0.05) is 0 Å². The van der Waals surface area contributed by atoms with Crippen molar-refractivity contribution in [3.63, 3.8) is 0 Å². The van der Waals surface area contributed by atoms with Gasteiger partial charge in [0.05, 0.1) is 0 Å². The van der Waals surface area contributed by atoms with Gasteiger partial charge in [-0.1, -0.05) is 27.7 Å². The number of allylic oxidation sites excluding steroid dienone is 4. The largest absolute Gasteiger partial charge is 2.00 e. The second kappa shape index (κ2) is 10.3. The molecule has 0 rings (SSSR count). The van der Waals surface area contributed by atoms with Crippen LogP contribution in [0.4, 0.5) is 0 Å². The summed E-state index contributed by atoms with van der Waals surface area (Å²) in [5, 5.41) is 0. The third-order valence-corrected chi connectivity index (χ3v) is 1.85. The molecule has 0 nitrogen and oxygen atoms in total. The minimum Gasteiger partial charge on any atom is -0.373 e. The molecule has 0 amide bonds. The summed E-state index contributed by atoms with van der Waals surface area (Å²) in [6.07, 6.45) is 11.0. The molecule has 0 aliphatic rings. The van der Waals surface area contributed by atoms with E-state index in [2.05, 4.69) is 39.8 Å². The maximum Gasteiger partial charge on any atom is 2.00 e. The number of rotatable bonds is 5. The van der Waals surface area contributed by atoms with Crippen molar-refractivity contribution >= 4 is 0 Å². The van der Waals surface area contributed by atoms with E-state index >= 15 is 0 Å². The molecule has 0 spiro atoms. The van der Waals surface area contributed by atoms with Crippen molar-refractivity contribution in [2.75, 3.05) is 0 Å². The third-order valence-electron chi connectivity index (χ3n) is 1.85. The van der Waals surface area contributed by atoms with Crippen molar-refractivity contribution in [2.45, 2.75) is 53.4 Å². The van der Waals surface area contributed by atoms with Gasteiger partial charge in [0.25, 0.3) is 0 Å². The van der Waals surface area contributed by atoms with E-state index in [4.69, 9.17) is 0 Å². The van der Waals surface area contributed by atoms with Gasteiger partial charge in [-0.15, -0.1) is 25.7 Å². The molecule has 0 aliphatic carbocycles. The Labute approximate surface area is 98.4 Å². The SMILES string of the molecule is CC[C-]=C(CC)C(=[C-]CC)CC.[Ti+2]. The van der Waals surface area contributed by atoms with Gasteiger partial charge in [-0.2, -0.15) is 0 Å². The average molecular weight is 212 g/mol. The van der Waals surface area contributed by atoms with E-state index in [1.807, 2.05) is 0 Å². The predicted octanol–water partition coefficient (Wildman–Crippen LogP) is 4.08. The van der Waals surface area contributed by atoms with E-state index in [9.17, 15) is 0 Å². The Bertz CT molecular complexity index is 146.